The second-order valence-corrected chi connectivity index (χ2v) is 10.7. The molecule has 1 aliphatic heterocycles. The van der Waals surface area contributed by atoms with Crippen LogP contribution in [0.4, 0.5) is 4.39 Å². The van der Waals surface area contributed by atoms with Crippen molar-refractivity contribution >= 4 is 49.9 Å². The third kappa shape index (κ3) is 4.27. The van der Waals surface area contributed by atoms with Crippen LogP contribution >= 0.6 is 23.2 Å². The van der Waals surface area contributed by atoms with Crippen LogP contribution in [0.25, 0.3) is 21.9 Å². The summed E-state index contributed by atoms with van der Waals surface area (Å²) in [5.74, 6) is -1.36. The van der Waals surface area contributed by atoms with Crippen LogP contribution in [-0.4, -0.2) is 25.9 Å². The van der Waals surface area contributed by atoms with Crippen molar-refractivity contribution in [3.8, 4) is 11.1 Å². The Labute approximate surface area is 211 Å². The molecule has 0 bridgehead atoms. The molecule has 0 radical (unpaired) electrons. The van der Waals surface area contributed by atoms with Crippen LogP contribution in [0, 0.1) is 5.82 Å². The van der Waals surface area contributed by atoms with Gasteiger partial charge in [0.1, 0.15) is 11.4 Å². The Hall–Kier alpha value is -3.04. The Balaban J connectivity index is 1.56. The molecule has 0 saturated carbocycles. The lowest BCUT2D eigenvalue weighted by Gasteiger charge is -2.28. The lowest BCUT2D eigenvalue weighted by Crippen LogP contribution is -2.51. The van der Waals surface area contributed by atoms with Gasteiger partial charge in [-0.2, -0.15) is 4.72 Å². The molecule has 35 heavy (non-hydrogen) atoms. The second-order valence-electron chi connectivity index (χ2n) is 8.22. The van der Waals surface area contributed by atoms with E-state index in [1.165, 1.54) is 36.7 Å². The van der Waals surface area contributed by atoms with Gasteiger partial charge in [0.05, 0.1) is 9.92 Å². The number of fused-ring (bicyclic) bond motifs is 1. The van der Waals surface area contributed by atoms with Gasteiger partial charge in [0.25, 0.3) is 0 Å². The van der Waals surface area contributed by atoms with E-state index in [0.717, 1.165) is 5.39 Å². The number of amides is 1. The van der Waals surface area contributed by atoms with Crippen LogP contribution in [0.2, 0.25) is 10.0 Å². The molecule has 0 aliphatic carbocycles. The van der Waals surface area contributed by atoms with Gasteiger partial charge in [-0.15, -0.1) is 0 Å². The number of aromatic nitrogens is 1. The number of halogens is 3. The number of nitrogens with one attached hydrogen (secondary N) is 2. The van der Waals surface area contributed by atoms with E-state index in [9.17, 15) is 13.2 Å². The molecule has 2 heterocycles. The quantitative estimate of drug-likeness (QED) is 0.379. The Morgan fingerprint density at radius 3 is 2.49 bits per heavy atom. The standard InChI is InChI=1S/C25H18Cl2FN3O3S/c26-18-4-1-16-12-19(5-2-15(16)11-18)35(33,34)31-25(8-10-30-24(25)32)21-6-3-17(13-23(21)28)20-7-9-29-14-22(20)27/h1-7,9,11-14,31H,8,10H2,(H,30,32)/t25-/m0/s1. The Morgan fingerprint density at radius 2 is 1.77 bits per heavy atom. The molecular weight excluding hydrogens is 512 g/mol. The number of carbonyl (C=O) groups is 1. The molecule has 1 saturated heterocycles. The largest absolute Gasteiger partial charge is 0.354 e. The van der Waals surface area contributed by atoms with Crippen molar-refractivity contribution in [2.24, 2.45) is 0 Å². The van der Waals surface area contributed by atoms with Crippen molar-refractivity contribution in [1.29, 1.82) is 0 Å². The summed E-state index contributed by atoms with van der Waals surface area (Å²) in [5.41, 5.74) is -0.840. The number of carbonyl (C=O) groups excluding carboxylic acids is 1. The third-order valence-electron chi connectivity index (χ3n) is 6.08. The number of sulfonamides is 1. The molecule has 6 nitrogen and oxygen atoms in total. The normalized spacial score (nSPS) is 18.1. The lowest BCUT2D eigenvalue weighted by atomic mass is 9.88. The summed E-state index contributed by atoms with van der Waals surface area (Å²) in [6, 6.07) is 15.5. The Kier molecular flexibility index (Phi) is 6.01. The van der Waals surface area contributed by atoms with Crippen LogP contribution in [0.5, 0.6) is 0 Å². The topological polar surface area (TPSA) is 88.2 Å². The summed E-state index contributed by atoms with van der Waals surface area (Å²) in [6.45, 7) is 0.189. The molecule has 1 aromatic heterocycles. The molecule has 2 N–H and O–H groups in total. The molecule has 1 fully saturated rings. The predicted molar refractivity (Wildman–Crippen MR) is 133 cm³/mol. The highest BCUT2D eigenvalue weighted by Gasteiger charge is 2.48. The number of pyridine rings is 1. The zero-order chi connectivity index (χ0) is 24.8. The minimum Gasteiger partial charge on any atom is -0.354 e. The van der Waals surface area contributed by atoms with E-state index in [1.54, 1.807) is 36.4 Å². The SMILES string of the molecule is O=C1NCC[C@]1(NS(=O)(=O)c1ccc2cc(Cl)ccc2c1)c1ccc(-c2ccncc2Cl)cc1F. The van der Waals surface area contributed by atoms with E-state index < -0.39 is 27.3 Å². The highest BCUT2D eigenvalue weighted by atomic mass is 35.5. The van der Waals surface area contributed by atoms with Crippen LogP contribution < -0.4 is 10.0 Å². The molecule has 4 aromatic rings. The number of hydrogen-bond donors (Lipinski definition) is 2. The van der Waals surface area contributed by atoms with E-state index in [2.05, 4.69) is 15.0 Å². The molecule has 0 spiro atoms. The predicted octanol–water partition coefficient (Wildman–Crippen LogP) is 5.04. The summed E-state index contributed by atoms with van der Waals surface area (Å²) in [5, 5.41) is 4.92. The number of benzene rings is 3. The molecule has 5 rings (SSSR count). The first-order chi connectivity index (χ1) is 16.7. The van der Waals surface area contributed by atoms with Gasteiger partial charge < -0.3 is 5.32 Å². The van der Waals surface area contributed by atoms with Crippen LogP contribution in [0.3, 0.4) is 0 Å². The summed E-state index contributed by atoms with van der Waals surface area (Å²) in [7, 11) is -4.21. The highest BCUT2D eigenvalue weighted by molar-refractivity contribution is 7.89. The second kappa shape index (κ2) is 8.87. The summed E-state index contributed by atoms with van der Waals surface area (Å²) < 4.78 is 44.8. The van der Waals surface area contributed by atoms with Gasteiger partial charge in [-0.1, -0.05) is 47.5 Å². The molecular formula is C25H18Cl2FN3O3S. The maximum absolute atomic E-state index is 15.5. The number of nitrogens with zero attached hydrogens (tertiary/aromatic N) is 1. The molecule has 1 aliphatic rings. The van der Waals surface area contributed by atoms with Crippen LogP contribution in [0.1, 0.15) is 12.0 Å². The molecule has 1 atom stereocenters. The smallest absolute Gasteiger partial charge is 0.246 e. The molecule has 0 unspecified atom stereocenters. The van der Waals surface area contributed by atoms with Gasteiger partial charge in [-0.05, 0) is 59.2 Å². The fourth-order valence-corrected chi connectivity index (χ4v) is 6.15. The average molecular weight is 530 g/mol. The number of rotatable bonds is 5. The van der Waals surface area contributed by atoms with Crippen molar-refractivity contribution < 1.29 is 17.6 Å². The molecule has 10 heteroatoms. The van der Waals surface area contributed by atoms with E-state index >= 15 is 4.39 Å². The Bertz CT molecular complexity index is 1600. The van der Waals surface area contributed by atoms with Crippen molar-refractivity contribution in [2.45, 2.75) is 16.9 Å². The first-order valence-electron chi connectivity index (χ1n) is 10.6. The number of hydrogen-bond acceptors (Lipinski definition) is 4. The van der Waals surface area contributed by atoms with Gasteiger partial charge in [0, 0.05) is 35.1 Å². The third-order valence-corrected chi connectivity index (χ3v) is 8.11. The van der Waals surface area contributed by atoms with E-state index in [0.29, 0.717) is 26.6 Å². The summed E-state index contributed by atoms with van der Waals surface area (Å²) in [4.78, 5) is 16.8. The van der Waals surface area contributed by atoms with Crippen LogP contribution in [-0.2, 0) is 20.4 Å². The summed E-state index contributed by atoms with van der Waals surface area (Å²) in [6.07, 6.45) is 3.02. The van der Waals surface area contributed by atoms with Crippen LogP contribution in [0.15, 0.2) is 78.0 Å². The van der Waals surface area contributed by atoms with Gasteiger partial charge in [0.15, 0.2) is 0 Å². The highest BCUT2D eigenvalue weighted by Crippen LogP contribution is 2.36. The van der Waals surface area contributed by atoms with Gasteiger partial charge >= 0.3 is 0 Å². The first-order valence-corrected chi connectivity index (χ1v) is 12.9. The van der Waals surface area contributed by atoms with Crippen molar-refractivity contribution in [3.63, 3.8) is 0 Å². The molecule has 178 valence electrons. The van der Waals surface area contributed by atoms with E-state index in [4.69, 9.17) is 23.2 Å². The Morgan fingerprint density at radius 1 is 1.00 bits per heavy atom. The minimum absolute atomic E-state index is 0.0422. The monoisotopic (exact) mass is 529 g/mol. The zero-order valence-corrected chi connectivity index (χ0v) is 20.4. The van der Waals surface area contributed by atoms with Crippen molar-refractivity contribution in [1.82, 2.24) is 15.0 Å². The summed E-state index contributed by atoms with van der Waals surface area (Å²) >= 11 is 12.2. The zero-order valence-electron chi connectivity index (χ0n) is 18.1. The molecule has 1 amide bonds. The van der Waals surface area contributed by atoms with E-state index in [1.807, 2.05) is 0 Å². The first kappa shape index (κ1) is 23.7. The maximum Gasteiger partial charge on any atom is 0.246 e. The minimum atomic E-state index is -4.21. The van der Waals surface area contributed by atoms with Gasteiger partial charge in [-0.25, -0.2) is 12.8 Å². The average Bonchev–Trinajstić information content (AvgIpc) is 3.18. The fourth-order valence-electron chi connectivity index (χ4n) is 4.33. The molecule has 3 aromatic carbocycles. The van der Waals surface area contributed by atoms with Gasteiger partial charge in [0.2, 0.25) is 15.9 Å². The maximum atomic E-state index is 15.5. The lowest BCUT2D eigenvalue weighted by molar-refractivity contribution is -0.124. The van der Waals surface area contributed by atoms with Crippen molar-refractivity contribution in [3.05, 3.63) is 94.5 Å². The van der Waals surface area contributed by atoms with Gasteiger partial charge in [-0.3, -0.25) is 9.78 Å². The van der Waals surface area contributed by atoms with E-state index in [-0.39, 0.29) is 23.4 Å². The van der Waals surface area contributed by atoms with Crippen molar-refractivity contribution in [2.75, 3.05) is 6.54 Å². The fraction of sp³-hybridized carbons (Fsp3) is 0.120.